The Morgan fingerprint density at radius 2 is 1.15 bits per heavy atom. The third-order valence-corrected chi connectivity index (χ3v) is 3.55. The van der Waals surface area contributed by atoms with E-state index in [1.54, 1.807) is 0 Å². The molecule has 6 nitrogen and oxygen atoms in total. The maximum Gasteiger partial charge on any atom is 0.404 e. The van der Waals surface area contributed by atoms with E-state index in [4.69, 9.17) is 10.2 Å². The summed E-state index contributed by atoms with van der Waals surface area (Å²) in [6.45, 7) is 7.53. The highest BCUT2D eigenvalue weighted by Crippen LogP contribution is 1.97. The second-order valence-corrected chi connectivity index (χ2v) is 6.24. The molecule has 0 saturated carbocycles. The average Bonchev–Trinajstić information content (AvgIpc) is 2.63. The van der Waals surface area contributed by atoms with Crippen molar-refractivity contribution in [1.29, 1.82) is 0 Å². The van der Waals surface area contributed by atoms with Crippen LogP contribution in [0.3, 0.4) is 0 Å². The van der Waals surface area contributed by atoms with Crippen molar-refractivity contribution in [2.24, 2.45) is 0 Å². The Hall–Kier alpha value is -2.24. The molecule has 0 aliphatic carbocycles. The van der Waals surface area contributed by atoms with Crippen molar-refractivity contribution >= 4 is 12.2 Å². The summed E-state index contributed by atoms with van der Waals surface area (Å²) in [5, 5.41) is 21.0. The van der Waals surface area contributed by atoms with Gasteiger partial charge in [0.2, 0.25) is 0 Å². The molecule has 156 valence electrons. The number of unbranched alkanes of at least 4 members (excludes halogenated alkanes) is 6. The van der Waals surface area contributed by atoms with E-state index in [1.165, 1.54) is 31.2 Å². The first kappa shape index (κ1) is 27.0. The van der Waals surface area contributed by atoms with Crippen molar-refractivity contribution in [3.63, 3.8) is 0 Å². The van der Waals surface area contributed by atoms with Gasteiger partial charge in [0.15, 0.2) is 0 Å². The molecule has 0 aliphatic rings. The van der Waals surface area contributed by atoms with Gasteiger partial charge in [-0.05, 0) is 19.8 Å². The van der Waals surface area contributed by atoms with Gasteiger partial charge >= 0.3 is 12.2 Å². The molecule has 27 heavy (non-hydrogen) atoms. The average molecular weight is 383 g/mol. The summed E-state index contributed by atoms with van der Waals surface area (Å²) in [6, 6.07) is 10.3. The van der Waals surface area contributed by atoms with Crippen LogP contribution in [0.1, 0.15) is 70.8 Å². The van der Waals surface area contributed by atoms with Gasteiger partial charge in [-0.3, -0.25) is 0 Å². The maximum atomic E-state index is 9.92. The molecular weight excluding hydrogens is 344 g/mol. The number of carbonyl (C=O) groups is 2. The van der Waals surface area contributed by atoms with Crippen LogP contribution in [0.25, 0.3) is 0 Å². The Labute approximate surface area is 164 Å². The van der Waals surface area contributed by atoms with Crippen LogP contribution in [-0.2, 0) is 0 Å². The number of hydrogen-bond donors (Lipinski definition) is 4. The van der Waals surface area contributed by atoms with E-state index in [0.29, 0.717) is 13.1 Å². The van der Waals surface area contributed by atoms with Crippen LogP contribution in [-0.4, -0.2) is 35.5 Å². The second kappa shape index (κ2) is 21.8. The molecule has 2 amide bonds. The Morgan fingerprint density at radius 1 is 0.741 bits per heavy atom. The summed E-state index contributed by atoms with van der Waals surface area (Å²) in [4.78, 5) is 19.8. The molecule has 0 saturated heterocycles. The molecule has 1 aromatic carbocycles. The van der Waals surface area contributed by atoms with Crippen molar-refractivity contribution < 1.29 is 19.8 Å². The topological polar surface area (TPSA) is 98.7 Å². The Bertz CT molecular complexity index is 429. The molecule has 0 radical (unpaired) electrons. The molecule has 4 N–H and O–H groups in total. The van der Waals surface area contributed by atoms with Crippen molar-refractivity contribution in [1.82, 2.24) is 10.6 Å². The quantitative estimate of drug-likeness (QED) is 0.392. The largest absolute Gasteiger partial charge is 0.465 e. The monoisotopic (exact) mass is 382 g/mol. The van der Waals surface area contributed by atoms with Gasteiger partial charge in [-0.15, -0.1) is 0 Å². The van der Waals surface area contributed by atoms with E-state index >= 15 is 0 Å². The summed E-state index contributed by atoms with van der Waals surface area (Å²) in [7, 11) is 0. The standard InChI is InChI=1S/2C7H15NO2.C7H8/c2*1-2-3-4-5-6-8-7(9)10;1-7-5-3-2-4-6-7/h2*8H,2-6H2,1H3,(H,9,10);2-6H,1H3. The molecule has 0 aliphatic heterocycles. The molecule has 0 fully saturated rings. The predicted octanol–water partition coefficient (Wildman–Crippen LogP) is 5.66. The summed E-state index contributed by atoms with van der Waals surface area (Å²) in [6.07, 6.45) is 7.09. The summed E-state index contributed by atoms with van der Waals surface area (Å²) in [5.41, 5.74) is 1.32. The van der Waals surface area contributed by atoms with Crippen LogP contribution in [0.5, 0.6) is 0 Å². The Kier molecular flexibility index (Phi) is 21.8. The fourth-order valence-electron chi connectivity index (χ4n) is 2.03. The summed E-state index contributed by atoms with van der Waals surface area (Å²) >= 11 is 0. The highest BCUT2D eigenvalue weighted by Gasteiger charge is 1.92. The second-order valence-electron chi connectivity index (χ2n) is 6.24. The van der Waals surface area contributed by atoms with Crippen molar-refractivity contribution in [3.05, 3.63) is 35.9 Å². The van der Waals surface area contributed by atoms with E-state index < -0.39 is 12.2 Å². The van der Waals surface area contributed by atoms with Crippen molar-refractivity contribution in [3.8, 4) is 0 Å². The number of nitrogens with one attached hydrogen (secondary N) is 2. The highest BCUT2D eigenvalue weighted by molar-refractivity contribution is 5.64. The zero-order valence-electron chi connectivity index (χ0n) is 17.2. The van der Waals surface area contributed by atoms with Crippen LogP contribution < -0.4 is 10.6 Å². The summed E-state index contributed by atoms with van der Waals surface area (Å²) in [5.74, 6) is 0. The van der Waals surface area contributed by atoms with Gasteiger partial charge in [0.1, 0.15) is 0 Å². The maximum absolute atomic E-state index is 9.92. The Morgan fingerprint density at radius 3 is 1.41 bits per heavy atom. The number of carboxylic acid groups (broad SMARTS) is 2. The minimum absolute atomic E-state index is 0.593. The van der Waals surface area contributed by atoms with E-state index in [1.807, 2.05) is 18.2 Å². The van der Waals surface area contributed by atoms with Crippen LogP contribution in [0.2, 0.25) is 0 Å². The number of hydrogen-bond acceptors (Lipinski definition) is 2. The lowest BCUT2D eigenvalue weighted by molar-refractivity contribution is 0.193. The van der Waals surface area contributed by atoms with Crippen molar-refractivity contribution in [2.45, 2.75) is 72.1 Å². The molecule has 0 atom stereocenters. The van der Waals surface area contributed by atoms with Gasteiger partial charge in [-0.1, -0.05) is 88.3 Å². The zero-order valence-corrected chi connectivity index (χ0v) is 17.2. The van der Waals surface area contributed by atoms with Crippen LogP contribution in [0, 0.1) is 6.92 Å². The first-order valence-electron chi connectivity index (χ1n) is 9.89. The molecule has 0 heterocycles. The molecule has 1 aromatic rings. The smallest absolute Gasteiger partial charge is 0.404 e. The normalized spacial score (nSPS) is 9.15. The number of rotatable bonds is 10. The lowest BCUT2D eigenvalue weighted by Crippen LogP contribution is -2.21. The van der Waals surface area contributed by atoms with Gasteiger partial charge in [-0.25, -0.2) is 9.59 Å². The van der Waals surface area contributed by atoms with Gasteiger partial charge in [-0.2, -0.15) is 0 Å². The first-order valence-corrected chi connectivity index (χ1v) is 9.89. The van der Waals surface area contributed by atoms with Gasteiger partial charge in [0, 0.05) is 13.1 Å². The third-order valence-electron chi connectivity index (χ3n) is 3.55. The van der Waals surface area contributed by atoms with Crippen LogP contribution in [0.15, 0.2) is 30.3 Å². The molecule has 0 bridgehead atoms. The van der Waals surface area contributed by atoms with E-state index in [9.17, 15) is 9.59 Å². The minimum atomic E-state index is -0.920. The first-order chi connectivity index (χ1) is 12.9. The lowest BCUT2D eigenvalue weighted by Gasteiger charge is -1.98. The summed E-state index contributed by atoms with van der Waals surface area (Å²) < 4.78 is 0. The number of benzene rings is 1. The van der Waals surface area contributed by atoms with Gasteiger partial charge in [0.05, 0.1) is 0 Å². The molecule has 1 rings (SSSR count). The van der Waals surface area contributed by atoms with E-state index in [0.717, 1.165) is 25.7 Å². The van der Waals surface area contributed by atoms with E-state index in [-0.39, 0.29) is 0 Å². The zero-order chi connectivity index (χ0) is 20.8. The molecule has 0 aromatic heterocycles. The molecular formula is C21H38N2O4. The van der Waals surface area contributed by atoms with Gasteiger partial charge in [0.25, 0.3) is 0 Å². The van der Waals surface area contributed by atoms with Gasteiger partial charge < -0.3 is 20.8 Å². The predicted molar refractivity (Wildman–Crippen MR) is 112 cm³/mol. The molecule has 6 heteroatoms. The van der Waals surface area contributed by atoms with Crippen LogP contribution in [0.4, 0.5) is 9.59 Å². The number of amides is 2. The minimum Gasteiger partial charge on any atom is -0.465 e. The molecule has 0 unspecified atom stereocenters. The lowest BCUT2D eigenvalue weighted by atomic mass is 10.2. The fourth-order valence-corrected chi connectivity index (χ4v) is 2.03. The van der Waals surface area contributed by atoms with Crippen LogP contribution >= 0.6 is 0 Å². The SMILES string of the molecule is CCCCCCNC(=O)O.CCCCCCNC(=O)O.Cc1ccccc1. The highest BCUT2D eigenvalue weighted by atomic mass is 16.4. The molecule has 0 spiro atoms. The Balaban J connectivity index is 0. The van der Waals surface area contributed by atoms with Crippen molar-refractivity contribution in [2.75, 3.05) is 13.1 Å². The fraction of sp³-hybridized carbons (Fsp3) is 0.619. The number of aryl methyl sites for hydroxylation is 1. The third kappa shape index (κ3) is 28.8. The van der Waals surface area contributed by atoms with E-state index in [2.05, 4.69) is 43.5 Å².